The minimum Gasteiger partial charge on any atom is -0.382 e. The number of allylic oxidation sites excluding steroid dienone is 3. The van der Waals surface area contributed by atoms with Crippen LogP contribution < -0.4 is 26.2 Å². The SMILES string of the molecule is C/C(=C/C(C)=C(\C)CNC(=O)c1cc(N2CCNCC2)cc(NC2CCCC2)c1C=N)NC=O. The standard InChI is InChI=1S/C26H38N6O2/c1-18(12-20(3)30-17-33)19(2)16-29-26(34)23-13-22(32-10-8-28-9-11-32)14-25(24(23)15-27)31-21-6-4-5-7-21/h12-15,17,21,27-28,31H,4-11,16H2,1-3H3,(H,29,34)(H,30,33)/b19-18+,20-12-,27-15?. The average molecular weight is 467 g/mol. The molecule has 0 spiro atoms. The van der Waals surface area contributed by atoms with E-state index < -0.39 is 0 Å². The molecular formula is C26H38N6O2. The monoisotopic (exact) mass is 466 g/mol. The van der Waals surface area contributed by atoms with Crippen LogP contribution in [-0.4, -0.2) is 57.3 Å². The summed E-state index contributed by atoms with van der Waals surface area (Å²) in [5.41, 5.74) is 5.76. The van der Waals surface area contributed by atoms with E-state index in [-0.39, 0.29) is 5.91 Å². The van der Waals surface area contributed by atoms with Crippen LogP contribution in [0, 0.1) is 5.41 Å². The van der Waals surface area contributed by atoms with Crippen molar-refractivity contribution >= 4 is 29.9 Å². The molecule has 2 amide bonds. The van der Waals surface area contributed by atoms with Crippen molar-refractivity contribution in [2.75, 3.05) is 42.9 Å². The molecule has 0 atom stereocenters. The molecule has 1 saturated heterocycles. The van der Waals surface area contributed by atoms with Gasteiger partial charge in [-0.05, 0) is 57.4 Å². The van der Waals surface area contributed by atoms with E-state index in [2.05, 4.69) is 32.2 Å². The fourth-order valence-corrected chi connectivity index (χ4v) is 4.53. The largest absolute Gasteiger partial charge is 0.382 e. The molecule has 184 valence electrons. The van der Waals surface area contributed by atoms with Gasteiger partial charge in [-0.15, -0.1) is 0 Å². The van der Waals surface area contributed by atoms with Gasteiger partial charge in [0, 0.05) is 67.6 Å². The van der Waals surface area contributed by atoms with Gasteiger partial charge in [-0.25, -0.2) is 0 Å². The van der Waals surface area contributed by atoms with Crippen LogP contribution in [-0.2, 0) is 4.79 Å². The third kappa shape index (κ3) is 6.70. The number of benzene rings is 1. The van der Waals surface area contributed by atoms with Gasteiger partial charge in [0.2, 0.25) is 6.41 Å². The van der Waals surface area contributed by atoms with Crippen molar-refractivity contribution in [1.82, 2.24) is 16.0 Å². The molecule has 1 heterocycles. The molecule has 5 N–H and O–H groups in total. The van der Waals surface area contributed by atoms with Crippen LogP contribution in [0.3, 0.4) is 0 Å². The normalized spacial score (nSPS) is 17.7. The van der Waals surface area contributed by atoms with Crippen LogP contribution in [0.1, 0.15) is 62.4 Å². The predicted octanol–water partition coefficient (Wildman–Crippen LogP) is 3.16. The van der Waals surface area contributed by atoms with E-state index in [9.17, 15) is 9.59 Å². The Hall–Kier alpha value is -3.13. The van der Waals surface area contributed by atoms with Crippen LogP contribution in [0.5, 0.6) is 0 Å². The fourth-order valence-electron chi connectivity index (χ4n) is 4.53. The summed E-state index contributed by atoms with van der Waals surface area (Å²) in [6.45, 7) is 9.71. The summed E-state index contributed by atoms with van der Waals surface area (Å²) in [5.74, 6) is -0.191. The number of anilines is 2. The molecule has 0 unspecified atom stereocenters. The third-order valence-electron chi connectivity index (χ3n) is 6.66. The van der Waals surface area contributed by atoms with Gasteiger partial charge >= 0.3 is 0 Å². The Morgan fingerprint density at radius 3 is 2.53 bits per heavy atom. The summed E-state index contributed by atoms with van der Waals surface area (Å²) in [5, 5.41) is 20.8. The Morgan fingerprint density at radius 2 is 1.88 bits per heavy atom. The van der Waals surface area contributed by atoms with E-state index >= 15 is 0 Å². The highest BCUT2D eigenvalue weighted by Gasteiger charge is 2.22. The Morgan fingerprint density at radius 1 is 1.18 bits per heavy atom. The molecule has 0 bridgehead atoms. The number of nitrogens with one attached hydrogen (secondary N) is 5. The summed E-state index contributed by atoms with van der Waals surface area (Å²) in [4.78, 5) is 26.2. The van der Waals surface area contributed by atoms with Crippen molar-refractivity contribution in [2.24, 2.45) is 0 Å². The zero-order chi connectivity index (χ0) is 24.5. The number of rotatable bonds is 10. The molecule has 1 aromatic carbocycles. The second-order valence-corrected chi connectivity index (χ2v) is 9.20. The van der Waals surface area contributed by atoms with Crippen molar-refractivity contribution in [3.63, 3.8) is 0 Å². The lowest BCUT2D eigenvalue weighted by molar-refractivity contribution is -0.108. The molecule has 8 nitrogen and oxygen atoms in total. The van der Waals surface area contributed by atoms with Crippen LogP contribution >= 0.6 is 0 Å². The van der Waals surface area contributed by atoms with Crippen LogP contribution in [0.25, 0.3) is 0 Å². The summed E-state index contributed by atoms with van der Waals surface area (Å²) in [6, 6.07) is 4.41. The Balaban J connectivity index is 1.86. The number of nitrogens with zero attached hydrogens (tertiary/aromatic N) is 1. The summed E-state index contributed by atoms with van der Waals surface area (Å²) < 4.78 is 0. The minimum absolute atomic E-state index is 0.191. The second-order valence-electron chi connectivity index (χ2n) is 9.20. The van der Waals surface area contributed by atoms with Crippen molar-refractivity contribution in [3.8, 4) is 0 Å². The maximum Gasteiger partial charge on any atom is 0.252 e. The van der Waals surface area contributed by atoms with Gasteiger partial charge in [0.1, 0.15) is 0 Å². The van der Waals surface area contributed by atoms with Crippen LogP contribution in [0.4, 0.5) is 11.4 Å². The molecule has 2 aliphatic rings. The number of piperazine rings is 1. The van der Waals surface area contributed by atoms with E-state index in [4.69, 9.17) is 5.41 Å². The number of hydrogen-bond donors (Lipinski definition) is 5. The van der Waals surface area contributed by atoms with Gasteiger partial charge in [-0.3, -0.25) is 9.59 Å². The first kappa shape index (κ1) is 25.5. The number of amides is 2. The lowest BCUT2D eigenvalue weighted by atomic mass is 10.0. The first-order valence-electron chi connectivity index (χ1n) is 12.2. The topological polar surface area (TPSA) is 109 Å². The zero-order valence-electron chi connectivity index (χ0n) is 20.6. The molecule has 1 aliphatic carbocycles. The van der Waals surface area contributed by atoms with Crippen LogP contribution in [0.15, 0.2) is 35.1 Å². The van der Waals surface area contributed by atoms with Gasteiger partial charge < -0.3 is 31.6 Å². The van der Waals surface area contributed by atoms with Crippen molar-refractivity contribution < 1.29 is 9.59 Å². The maximum atomic E-state index is 13.3. The number of carbonyl (C=O) groups excluding carboxylic acids is 2. The molecule has 34 heavy (non-hydrogen) atoms. The fraction of sp³-hybridized carbons (Fsp3) is 0.500. The molecular weight excluding hydrogens is 428 g/mol. The highest BCUT2D eigenvalue weighted by molar-refractivity contribution is 6.06. The maximum absolute atomic E-state index is 13.3. The third-order valence-corrected chi connectivity index (χ3v) is 6.66. The summed E-state index contributed by atoms with van der Waals surface area (Å²) >= 11 is 0. The zero-order valence-corrected chi connectivity index (χ0v) is 20.6. The molecule has 3 rings (SSSR count). The van der Waals surface area contributed by atoms with Crippen molar-refractivity contribution in [3.05, 3.63) is 46.2 Å². The van der Waals surface area contributed by atoms with E-state index in [1.54, 1.807) is 0 Å². The molecule has 8 heteroatoms. The molecule has 0 radical (unpaired) electrons. The quantitative estimate of drug-likeness (QED) is 0.207. The first-order valence-corrected chi connectivity index (χ1v) is 12.2. The lowest BCUT2D eigenvalue weighted by Crippen LogP contribution is -2.43. The van der Waals surface area contributed by atoms with E-state index in [0.717, 1.165) is 67.2 Å². The van der Waals surface area contributed by atoms with Gasteiger partial charge in [0.25, 0.3) is 5.91 Å². The molecule has 1 aliphatic heterocycles. The Kier molecular flexibility index (Phi) is 9.27. The summed E-state index contributed by atoms with van der Waals surface area (Å²) in [6.07, 6.45) is 8.48. The lowest BCUT2D eigenvalue weighted by Gasteiger charge is -2.31. The van der Waals surface area contributed by atoms with Crippen molar-refractivity contribution in [1.29, 1.82) is 5.41 Å². The Bertz CT molecular complexity index is 956. The van der Waals surface area contributed by atoms with Crippen molar-refractivity contribution in [2.45, 2.75) is 52.5 Å². The number of hydrogen-bond acceptors (Lipinski definition) is 6. The van der Waals surface area contributed by atoms with Crippen LogP contribution in [0.2, 0.25) is 0 Å². The Labute approximate surface area is 202 Å². The average Bonchev–Trinajstić information content (AvgIpc) is 3.35. The summed E-state index contributed by atoms with van der Waals surface area (Å²) in [7, 11) is 0. The molecule has 1 saturated carbocycles. The number of carbonyl (C=O) groups is 2. The molecule has 1 aromatic rings. The highest BCUT2D eigenvalue weighted by Crippen LogP contribution is 2.30. The highest BCUT2D eigenvalue weighted by atomic mass is 16.1. The van der Waals surface area contributed by atoms with E-state index in [1.165, 1.54) is 19.1 Å². The first-order chi connectivity index (χ1) is 16.4. The van der Waals surface area contributed by atoms with Gasteiger partial charge in [0.15, 0.2) is 0 Å². The predicted molar refractivity (Wildman–Crippen MR) is 139 cm³/mol. The second kappa shape index (κ2) is 12.4. The minimum atomic E-state index is -0.191. The molecule has 0 aromatic heterocycles. The van der Waals surface area contributed by atoms with Gasteiger partial charge in [0.05, 0.1) is 5.56 Å². The van der Waals surface area contributed by atoms with Gasteiger partial charge in [-0.2, -0.15) is 0 Å². The smallest absolute Gasteiger partial charge is 0.252 e. The van der Waals surface area contributed by atoms with E-state index in [0.29, 0.717) is 30.1 Å². The van der Waals surface area contributed by atoms with E-state index in [1.807, 2.05) is 32.9 Å². The molecule has 2 fully saturated rings. The van der Waals surface area contributed by atoms with Gasteiger partial charge in [-0.1, -0.05) is 18.4 Å².